The zero-order valence-corrected chi connectivity index (χ0v) is 15.6. The fourth-order valence-electron chi connectivity index (χ4n) is 2.54. The molecular weight excluding hydrogens is 404 g/mol. The first-order chi connectivity index (χ1) is 12.6. The molecule has 1 aromatic carbocycles. The number of nitrogens with two attached hydrogens (primary N) is 1. The molecule has 1 atom stereocenters. The van der Waals surface area contributed by atoms with E-state index in [4.69, 9.17) is 33.7 Å². The highest BCUT2D eigenvalue weighted by Gasteiger charge is 2.36. The van der Waals surface area contributed by atoms with Gasteiger partial charge in [-0.3, -0.25) is 4.99 Å². The third kappa shape index (κ3) is 3.59. The van der Waals surface area contributed by atoms with Crippen LogP contribution in [0.5, 0.6) is 5.88 Å². The first-order valence-electron chi connectivity index (χ1n) is 7.66. The van der Waals surface area contributed by atoms with Gasteiger partial charge < -0.3 is 10.5 Å². The van der Waals surface area contributed by atoms with Gasteiger partial charge in [-0.05, 0) is 25.1 Å². The number of amidine groups is 1. The summed E-state index contributed by atoms with van der Waals surface area (Å²) in [5, 5.41) is -0.383. The number of benzene rings is 1. The van der Waals surface area contributed by atoms with Crippen molar-refractivity contribution in [3.63, 3.8) is 0 Å². The number of rotatable bonds is 2. The van der Waals surface area contributed by atoms with Crippen molar-refractivity contribution in [3.05, 3.63) is 51.1 Å². The van der Waals surface area contributed by atoms with Gasteiger partial charge in [0.1, 0.15) is 17.6 Å². The van der Waals surface area contributed by atoms with Crippen LogP contribution in [0.15, 0.2) is 34.3 Å². The Morgan fingerprint density at radius 2 is 1.85 bits per heavy atom. The van der Waals surface area contributed by atoms with Crippen molar-refractivity contribution in [3.8, 4) is 5.88 Å². The Kier molecular flexibility index (Phi) is 5.05. The van der Waals surface area contributed by atoms with E-state index >= 15 is 0 Å². The normalized spacial score (nSPS) is 16.9. The summed E-state index contributed by atoms with van der Waals surface area (Å²) < 4.78 is 45.1. The lowest BCUT2D eigenvalue weighted by atomic mass is 10.0. The summed E-state index contributed by atoms with van der Waals surface area (Å²) in [7, 11) is 1.40. The minimum absolute atomic E-state index is 0.0403. The number of pyridine rings is 1. The number of hydrogen-bond acceptors (Lipinski definition) is 5. The maximum Gasteiger partial charge on any atom is 0.417 e. The molecule has 1 aromatic heterocycles. The van der Waals surface area contributed by atoms with E-state index in [1.54, 1.807) is 6.92 Å². The zero-order valence-electron chi connectivity index (χ0n) is 14.1. The average Bonchev–Trinajstić information content (AvgIpc) is 2.71. The first kappa shape index (κ1) is 19.4. The molecule has 5 nitrogen and oxygen atoms in total. The molecule has 2 heterocycles. The van der Waals surface area contributed by atoms with Gasteiger partial charge in [0.2, 0.25) is 5.88 Å². The van der Waals surface area contributed by atoms with E-state index in [1.807, 2.05) is 0 Å². The molecule has 0 fully saturated rings. The second-order valence-corrected chi connectivity index (χ2v) is 6.48. The number of halogens is 5. The standard InChI is InChI=1S/C17H13Cl2F3N4O/c1-7-16(23)25-10-5-3-8(17(20,21)22)13(19)12(10)15(24-7)14-9(18)4-6-11(26-14)27-2/h3-7H,1-2H3,(H2,23,25)/t7-/m0/s1. The van der Waals surface area contributed by atoms with Gasteiger partial charge in [0.05, 0.1) is 34.1 Å². The second kappa shape index (κ2) is 7.01. The fourth-order valence-corrected chi connectivity index (χ4v) is 3.09. The third-order valence-electron chi connectivity index (χ3n) is 3.92. The Bertz CT molecular complexity index is 973. The molecule has 1 aliphatic rings. The van der Waals surface area contributed by atoms with Crippen molar-refractivity contribution >= 4 is 40.4 Å². The van der Waals surface area contributed by atoms with Gasteiger partial charge in [-0.1, -0.05) is 23.2 Å². The molecule has 2 aromatic rings. The van der Waals surface area contributed by atoms with Crippen LogP contribution in [0.25, 0.3) is 0 Å². The number of aliphatic imine (C=N–C) groups is 2. The number of alkyl halides is 3. The van der Waals surface area contributed by atoms with Gasteiger partial charge in [0.25, 0.3) is 0 Å². The fraction of sp³-hybridized carbons (Fsp3) is 0.235. The minimum Gasteiger partial charge on any atom is -0.481 e. The number of hydrogen-bond donors (Lipinski definition) is 1. The molecule has 142 valence electrons. The topological polar surface area (TPSA) is 72.9 Å². The Balaban J connectivity index is 2.36. The molecule has 0 radical (unpaired) electrons. The quantitative estimate of drug-likeness (QED) is 0.774. The van der Waals surface area contributed by atoms with Crippen LogP contribution in [0, 0.1) is 0 Å². The number of ether oxygens (including phenoxy) is 1. The Labute approximate surface area is 162 Å². The zero-order chi connectivity index (χ0) is 19.9. The Morgan fingerprint density at radius 3 is 2.48 bits per heavy atom. The van der Waals surface area contributed by atoms with Gasteiger partial charge in [0.15, 0.2) is 0 Å². The lowest BCUT2D eigenvalue weighted by molar-refractivity contribution is -0.137. The summed E-state index contributed by atoms with van der Waals surface area (Å²) in [4.78, 5) is 12.8. The minimum atomic E-state index is -4.66. The number of methoxy groups -OCH3 is 1. The molecule has 0 bridgehead atoms. The number of fused-ring (bicyclic) bond motifs is 1. The van der Waals surface area contributed by atoms with Crippen LogP contribution in [-0.2, 0) is 6.18 Å². The number of nitrogens with zero attached hydrogens (tertiary/aromatic N) is 3. The highest BCUT2D eigenvalue weighted by atomic mass is 35.5. The maximum atomic E-state index is 13.4. The molecular formula is C17H13Cl2F3N4O. The van der Waals surface area contributed by atoms with Gasteiger partial charge in [-0.15, -0.1) is 0 Å². The lowest BCUT2D eigenvalue weighted by Crippen LogP contribution is -2.24. The molecule has 2 N–H and O–H groups in total. The van der Waals surface area contributed by atoms with Crippen molar-refractivity contribution in [1.29, 1.82) is 0 Å². The number of aromatic nitrogens is 1. The third-order valence-corrected chi connectivity index (χ3v) is 4.61. The molecule has 0 unspecified atom stereocenters. The molecule has 10 heteroatoms. The molecule has 1 aliphatic heterocycles. The SMILES string of the molecule is COc1ccc(Cl)c(C2=N[C@@H](C)C(N)=Nc3ccc(C(F)(F)F)c(Cl)c32)n1. The van der Waals surface area contributed by atoms with E-state index in [9.17, 15) is 13.2 Å². The summed E-state index contributed by atoms with van der Waals surface area (Å²) >= 11 is 12.4. The smallest absolute Gasteiger partial charge is 0.417 e. The summed E-state index contributed by atoms with van der Waals surface area (Å²) in [6.45, 7) is 1.65. The summed E-state index contributed by atoms with van der Waals surface area (Å²) in [6.07, 6.45) is -4.66. The average molecular weight is 417 g/mol. The van der Waals surface area contributed by atoms with Gasteiger partial charge >= 0.3 is 6.18 Å². The van der Waals surface area contributed by atoms with Crippen LogP contribution < -0.4 is 10.5 Å². The van der Waals surface area contributed by atoms with Crippen LogP contribution in [0.3, 0.4) is 0 Å². The Morgan fingerprint density at radius 1 is 1.15 bits per heavy atom. The van der Waals surface area contributed by atoms with Crippen LogP contribution in [0.1, 0.15) is 23.7 Å². The van der Waals surface area contributed by atoms with E-state index in [1.165, 1.54) is 25.3 Å². The molecule has 27 heavy (non-hydrogen) atoms. The first-order valence-corrected chi connectivity index (χ1v) is 8.42. The second-order valence-electron chi connectivity index (χ2n) is 5.69. The van der Waals surface area contributed by atoms with E-state index < -0.39 is 22.8 Å². The van der Waals surface area contributed by atoms with Crippen molar-refractivity contribution in [2.75, 3.05) is 7.11 Å². The monoisotopic (exact) mass is 416 g/mol. The highest BCUT2D eigenvalue weighted by molar-refractivity contribution is 6.40. The van der Waals surface area contributed by atoms with Gasteiger partial charge in [-0.2, -0.15) is 13.2 Å². The van der Waals surface area contributed by atoms with Crippen molar-refractivity contribution < 1.29 is 17.9 Å². The van der Waals surface area contributed by atoms with E-state index in [0.29, 0.717) is 0 Å². The molecule has 0 aliphatic carbocycles. The predicted molar refractivity (Wildman–Crippen MR) is 98.6 cm³/mol. The molecule has 0 amide bonds. The van der Waals surface area contributed by atoms with Crippen LogP contribution in [-0.4, -0.2) is 29.7 Å². The largest absolute Gasteiger partial charge is 0.481 e. The summed E-state index contributed by atoms with van der Waals surface area (Å²) in [5.74, 6) is 0.341. The maximum absolute atomic E-state index is 13.4. The van der Waals surface area contributed by atoms with E-state index in [2.05, 4.69) is 15.0 Å². The van der Waals surface area contributed by atoms with Crippen molar-refractivity contribution in [2.45, 2.75) is 19.1 Å². The van der Waals surface area contributed by atoms with Crippen LogP contribution in [0.2, 0.25) is 10.0 Å². The molecule has 0 saturated heterocycles. The van der Waals surface area contributed by atoms with Crippen LogP contribution in [0.4, 0.5) is 18.9 Å². The van der Waals surface area contributed by atoms with Gasteiger partial charge in [-0.25, -0.2) is 9.98 Å². The van der Waals surface area contributed by atoms with Crippen molar-refractivity contribution in [2.24, 2.45) is 15.7 Å². The summed E-state index contributed by atoms with van der Waals surface area (Å²) in [6, 6.07) is 4.45. The van der Waals surface area contributed by atoms with E-state index in [0.717, 1.165) is 6.07 Å². The molecule has 3 rings (SSSR count). The Hall–Kier alpha value is -2.32. The van der Waals surface area contributed by atoms with E-state index in [-0.39, 0.29) is 39.4 Å². The van der Waals surface area contributed by atoms with Crippen LogP contribution >= 0.6 is 23.2 Å². The summed E-state index contributed by atoms with van der Waals surface area (Å²) in [5.41, 5.74) is 5.17. The molecule has 0 spiro atoms. The molecule has 0 saturated carbocycles. The van der Waals surface area contributed by atoms with Gasteiger partial charge in [0, 0.05) is 11.6 Å². The van der Waals surface area contributed by atoms with Crippen molar-refractivity contribution in [1.82, 2.24) is 4.98 Å². The highest BCUT2D eigenvalue weighted by Crippen LogP contribution is 2.42. The predicted octanol–water partition coefficient (Wildman–Crippen LogP) is 4.64. The lowest BCUT2D eigenvalue weighted by Gasteiger charge is -2.16.